The summed E-state index contributed by atoms with van der Waals surface area (Å²) in [5.74, 6) is 1.23. The average molecular weight is 947 g/mol. The van der Waals surface area contributed by atoms with Crippen molar-refractivity contribution < 1.29 is 0 Å². The molecule has 3 aliphatic rings. The molecule has 1 fully saturated rings. The highest BCUT2D eigenvalue weighted by Crippen LogP contribution is 2.71. The van der Waals surface area contributed by atoms with E-state index in [0.29, 0.717) is 5.92 Å². The minimum absolute atomic E-state index is 0.0744. The highest BCUT2D eigenvalue weighted by molar-refractivity contribution is 7.26. The summed E-state index contributed by atoms with van der Waals surface area (Å²) >= 11 is 5.69. The van der Waals surface area contributed by atoms with Crippen LogP contribution in [0, 0.1) is 5.92 Å². The van der Waals surface area contributed by atoms with Crippen LogP contribution in [0.25, 0.3) is 93.2 Å². The van der Waals surface area contributed by atoms with E-state index in [2.05, 4.69) is 201 Å². The first kappa shape index (κ1) is 39.6. The normalized spacial score (nSPS) is 19.6. The van der Waals surface area contributed by atoms with Gasteiger partial charge in [-0.3, -0.25) is 4.99 Å². The number of nitrogens with zero attached hydrogens (tertiary/aromatic N) is 2. The first-order chi connectivity index (χ1) is 34.6. The third-order valence-electron chi connectivity index (χ3n) is 16.2. The van der Waals surface area contributed by atoms with Crippen molar-refractivity contribution in [3.05, 3.63) is 228 Å². The second kappa shape index (κ2) is 14.6. The van der Waals surface area contributed by atoms with E-state index < -0.39 is 0 Å². The van der Waals surface area contributed by atoms with Crippen LogP contribution in [-0.2, 0) is 5.41 Å². The largest absolute Gasteiger partial charge is 0.257 e. The van der Waals surface area contributed by atoms with Gasteiger partial charge < -0.3 is 0 Å². The summed E-state index contributed by atoms with van der Waals surface area (Å²) in [5, 5.41) is 13.0. The molecule has 1 aliphatic heterocycles. The molecule has 4 heterocycles. The van der Waals surface area contributed by atoms with Crippen molar-refractivity contribution in [3.63, 3.8) is 0 Å². The van der Waals surface area contributed by atoms with Gasteiger partial charge in [0.15, 0.2) is 5.84 Å². The predicted octanol–water partition coefficient (Wildman–Crippen LogP) is 18.6. The Hall–Kier alpha value is -7.28. The van der Waals surface area contributed by atoms with E-state index in [9.17, 15) is 0 Å². The molecule has 2 nitrogen and oxygen atoms in total. The maximum Gasteiger partial charge on any atom is 0.155 e. The van der Waals surface area contributed by atoms with Gasteiger partial charge in [0, 0.05) is 77.4 Å². The van der Waals surface area contributed by atoms with E-state index in [-0.39, 0.29) is 17.4 Å². The molecule has 0 amide bonds. The summed E-state index contributed by atoms with van der Waals surface area (Å²) < 4.78 is 7.88. The SMILES string of the molecule is CC[C@H]1C(c2ccc3c(c2)sc2ccccc23)=NC(c2cc3c(cc2C24CC2c2cc5ccccc5cc2-c2cc5ccccc5cc24)sc2ccccc23)=NC1c1ccc2c(c1)sc1ccccc12. The number of rotatable bonds is 5. The van der Waals surface area contributed by atoms with E-state index >= 15 is 0 Å². The van der Waals surface area contributed by atoms with Gasteiger partial charge in [0.1, 0.15) is 0 Å². The Morgan fingerprint density at radius 2 is 0.986 bits per heavy atom. The van der Waals surface area contributed by atoms with Crippen LogP contribution in [0.15, 0.2) is 204 Å². The second-order valence-electron chi connectivity index (χ2n) is 19.8. The Morgan fingerprint density at radius 3 is 1.66 bits per heavy atom. The number of hydrogen-bond acceptors (Lipinski definition) is 5. The Morgan fingerprint density at radius 1 is 0.457 bits per heavy atom. The zero-order chi connectivity index (χ0) is 45.8. The molecule has 4 atom stereocenters. The summed E-state index contributed by atoms with van der Waals surface area (Å²) in [6.07, 6.45) is 1.94. The molecular formula is C65H42N2S3. The number of thiophene rings is 3. The van der Waals surface area contributed by atoms with Crippen molar-refractivity contribution in [1.29, 1.82) is 0 Å². The van der Waals surface area contributed by atoms with Crippen molar-refractivity contribution in [2.24, 2.45) is 15.9 Å². The van der Waals surface area contributed by atoms with Crippen molar-refractivity contribution in [2.75, 3.05) is 0 Å². The molecule has 0 N–H and O–H groups in total. The van der Waals surface area contributed by atoms with Crippen LogP contribution >= 0.6 is 34.0 Å². The third kappa shape index (κ3) is 5.60. The fourth-order valence-electron chi connectivity index (χ4n) is 12.9. The molecule has 0 saturated heterocycles. The quantitative estimate of drug-likeness (QED) is 0.164. The molecular weight excluding hydrogens is 905 g/mol. The molecule has 3 unspecified atom stereocenters. The molecule has 3 aromatic heterocycles. The lowest BCUT2D eigenvalue weighted by Crippen LogP contribution is -2.29. The summed E-state index contributed by atoms with van der Waals surface area (Å²) in [7, 11) is 0. The Balaban J connectivity index is 0.979. The molecule has 2 aliphatic carbocycles. The smallest absolute Gasteiger partial charge is 0.155 e. The van der Waals surface area contributed by atoms with Crippen molar-refractivity contribution in [3.8, 4) is 11.1 Å². The van der Waals surface area contributed by atoms with Crippen LogP contribution in [-0.4, -0.2) is 11.5 Å². The molecule has 10 aromatic carbocycles. The second-order valence-corrected chi connectivity index (χ2v) is 23.1. The molecule has 16 rings (SSSR count). The van der Waals surface area contributed by atoms with Crippen molar-refractivity contribution >= 4 is 128 Å². The van der Waals surface area contributed by atoms with Gasteiger partial charge in [-0.1, -0.05) is 140 Å². The molecule has 330 valence electrons. The van der Waals surface area contributed by atoms with Gasteiger partial charge in [0.25, 0.3) is 0 Å². The van der Waals surface area contributed by atoms with Gasteiger partial charge in [-0.2, -0.15) is 0 Å². The molecule has 0 spiro atoms. The zero-order valence-electron chi connectivity index (χ0n) is 38.2. The lowest BCUT2D eigenvalue weighted by molar-refractivity contribution is 0.533. The lowest BCUT2D eigenvalue weighted by Gasteiger charge is -2.33. The number of benzene rings is 10. The van der Waals surface area contributed by atoms with Crippen molar-refractivity contribution in [2.45, 2.75) is 37.1 Å². The molecule has 13 aromatic rings. The fraction of sp³-hybridized carbons (Fsp3) is 0.108. The van der Waals surface area contributed by atoms with E-state index in [1.807, 2.05) is 34.0 Å². The minimum Gasteiger partial charge on any atom is -0.257 e. The highest BCUT2D eigenvalue weighted by Gasteiger charge is 2.62. The molecule has 0 radical (unpaired) electrons. The van der Waals surface area contributed by atoms with Gasteiger partial charge in [-0.25, -0.2) is 4.99 Å². The number of fused-ring (bicyclic) bond motifs is 17. The maximum atomic E-state index is 6.02. The summed E-state index contributed by atoms with van der Waals surface area (Å²) in [5.41, 5.74) is 11.4. The monoisotopic (exact) mass is 946 g/mol. The third-order valence-corrected chi connectivity index (χ3v) is 19.6. The van der Waals surface area contributed by atoms with Gasteiger partial charge in [-0.15, -0.1) is 34.0 Å². The van der Waals surface area contributed by atoms with E-state index in [4.69, 9.17) is 9.98 Å². The summed E-state index contributed by atoms with van der Waals surface area (Å²) in [4.78, 5) is 12.0. The van der Waals surface area contributed by atoms with E-state index in [1.165, 1.54) is 121 Å². The maximum absolute atomic E-state index is 6.02. The Labute approximate surface area is 416 Å². The van der Waals surface area contributed by atoms with Crippen LogP contribution < -0.4 is 0 Å². The van der Waals surface area contributed by atoms with Crippen LogP contribution in [0.3, 0.4) is 0 Å². The molecule has 1 saturated carbocycles. The highest BCUT2D eigenvalue weighted by atomic mass is 32.1. The molecule has 0 bridgehead atoms. The molecule has 5 heteroatoms. The summed E-state index contributed by atoms with van der Waals surface area (Å²) in [6, 6.07) is 73.7. The van der Waals surface area contributed by atoms with E-state index in [0.717, 1.165) is 30.0 Å². The first-order valence-electron chi connectivity index (χ1n) is 24.6. The van der Waals surface area contributed by atoms with Gasteiger partial charge >= 0.3 is 0 Å². The van der Waals surface area contributed by atoms with Gasteiger partial charge in [-0.05, 0) is 140 Å². The number of amidine groups is 1. The van der Waals surface area contributed by atoms with Crippen LogP contribution in [0.4, 0.5) is 0 Å². The van der Waals surface area contributed by atoms with E-state index in [1.54, 1.807) is 0 Å². The standard InChI is InChI=1S/C65H42N2S3/c1-2-42-62(40-23-25-46-43-17-7-10-20-56(43)68-59(46)31-40)66-64(67-63(42)41-24-26-47-44-18-8-11-21-57(44)69-60(47)32-41)52-33-51-45-19-9-12-22-58(45)70-61(51)34-54(52)65-35-55(65)50-29-37-14-4-3-13-36(37)27-48(50)49-28-38-15-5-6-16-39(38)30-53(49)65/h3-34,42,55,62H,2,35H2,1H3/t42-,55?,62?,65?/m1/s1. The Bertz CT molecular complexity index is 4490. The predicted molar refractivity (Wildman–Crippen MR) is 303 cm³/mol. The zero-order valence-corrected chi connectivity index (χ0v) is 40.7. The first-order valence-corrected chi connectivity index (χ1v) is 27.0. The van der Waals surface area contributed by atoms with Gasteiger partial charge in [0.05, 0.1) is 11.8 Å². The molecule has 70 heavy (non-hydrogen) atoms. The van der Waals surface area contributed by atoms with Crippen LogP contribution in [0.5, 0.6) is 0 Å². The Kier molecular flexibility index (Phi) is 8.27. The minimum atomic E-state index is -0.268. The fourth-order valence-corrected chi connectivity index (χ4v) is 16.3. The summed E-state index contributed by atoms with van der Waals surface area (Å²) in [6.45, 7) is 2.33. The lowest BCUT2D eigenvalue weighted by atomic mass is 9.72. The number of aliphatic imine (C=N–C) groups is 2. The van der Waals surface area contributed by atoms with Crippen LogP contribution in [0.1, 0.15) is 65.1 Å². The topological polar surface area (TPSA) is 24.7 Å². The average Bonchev–Trinajstić information content (AvgIpc) is 3.69. The van der Waals surface area contributed by atoms with Crippen molar-refractivity contribution in [1.82, 2.24) is 0 Å². The van der Waals surface area contributed by atoms with Crippen LogP contribution in [0.2, 0.25) is 0 Å². The number of hydrogen-bond donors (Lipinski definition) is 0. The van der Waals surface area contributed by atoms with Gasteiger partial charge in [0.2, 0.25) is 0 Å².